The molecule has 1 saturated carbocycles. The molecule has 3 heterocycles. The highest BCUT2D eigenvalue weighted by Gasteiger charge is 2.29. The molecular weight excluding hydrogens is 438 g/mol. The molecule has 1 N–H and O–H groups in total. The van der Waals surface area contributed by atoms with Crippen molar-refractivity contribution >= 4 is 10.9 Å². The average Bonchev–Trinajstić information content (AvgIpc) is 3.53. The third-order valence-corrected chi connectivity index (χ3v) is 7.17. The summed E-state index contributed by atoms with van der Waals surface area (Å²) in [5, 5.41) is 14.0. The van der Waals surface area contributed by atoms with Gasteiger partial charge in [-0.2, -0.15) is 0 Å². The number of pyridine rings is 2. The van der Waals surface area contributed by atoms with Gasteiger partial charge in [-0.25, -0.2) is 4.68 Å². The van der Waals surface area contributed by atoms with Gasteiger partial charge < -0.3 is 4.98 Å². The summed E-state index contributed by atoms with van der Waals surface area (Å²) in [6.07, 6.45) is 9.15. The van der Waals surface area contributed by atoms with Crippen molar-refractivity contribution in [2.75, 3.05) is 0 Å². The molecule has 1 aromatic carbocycles. The van der Waals surface area contributed by atoms with Crippen LogP contribution < -0.4 is 5.56 Å². The van der Waals surface area contributed by atoms with Gasteiger partial charge in [0, 0.05) is 31.0 Å². The lowest BCUT2D eigenvalue weighted by atomic mass is 10.0. The summed E-state index contributed by atoms with van der Waals surface area (Å²) in [4.78, 5) is 22.9. The molecule has 0 unspecified atom stereocenters. The van der Waals surface area contributed by atoms with Crippen molar-refractivity contribution < 1.29 is 0 Å². The van der Waals surface area contributed by atoms with Crippen molar-refractivity contribution in [2.24, 2.45) is 0 Å². The van der Waals surface area contributed by atoms with Crippen LogP contribution >= 0.6 is 0 Å². The average molecular weight is 472 g/mol. The molecule has 182 valence electrons. The van der Waals surface area contributed by atoms with Crippen molar-refractivity contribution in [1.82, 2.24) is 35.1 Å². The number of H-pyrrole nitrogens is 1. The van der Waals surface area contributed by atoms with Crippen molar-refractivity contribution in [3.05, 3.63) is 81.2 Å². The first kappa shape index (κ1) is 23.4. The zero-order valence-corrected chi connectivity index (χ0v) is 20.7. The van der Waals surface area contributed by atoms with Gasteiger partial charge in [0.15, 0.2) is 5.82 Å². The smallest absolute Gasteiger partial charge is 0.252 e. The van der Waals surface area contributed by atoms with E-state index in [1.54, 1.807) is 6.20 Å². The van der Waals surface area contributed by atoms with Crippen LogP contribution in [0.4, 0.5) is 0 Å². The molecule has 0 saturated heterocycles. The van der Waals surface area contributed by atoms with Crippen LogP contribution in [-0.2, 0) is 13.1 Å². The highest BCUT2D eigenvalue weighted by atomic mass is 16.1. The van der Waals surface area contributed by atoms with Crippen molar-refractivity contribution in [3.63, 3.8) is 0 Å². The molecule has 8 nitrogen and oxygen atoms in total. The quantitative estimate of drug-likeness (QED) is 0.397. The van der Waals surface area contributed by atoms with E-state index in [0.717, 1.165) is 52.7 Å². The fourth-order valence-corrected chi connectivity index (χ4v) is 5.50. The lowest BCUT2D eigenvalue weighted by Crippen LogP contribution is -2.32. The van der Waals surface area contributed by atoms with Gasteiger partial charge in [0.2, 0.25) is 0 Å². The maximum Gasteiger partial charge on any atom is 0.252 e. The van der Waals surface area contributed by atoms with Gasteiger partial charge in [-0.15, -0.1) is 5.10 Å². The SMILES string of the molecule is CC[C@@H](c1nnnn1C1CCCC1)N(Cc1cccnc1)Cc1cc2cc(C)cc(C)c2[nH]c1=O. The van der Waals surface area contributed by atoms with Gasteiger partial charge in [0.05, 0.1) is 17.6 Å². The van der Waals surface area contributed by atoms with E-state index in [9.17, 15) is 4.79 Å². The topological polar surface area (TPSA) is 92.6 Å². The molecule has 0 radical (unpaired) electrons. The van der Waals surface area contributed by atoms with Crippen LogP contribution in [0.1, 0.15) is 79.2 Å². The predicted molar refractivity (Wildman–Crippen MR) is 136 cm³/mol. The Morgan fingerprint density at radius 2 is 2.00 bits per heavy atom. The fraction of sp³-hybridized carbons (Fsp3) is 0.444. The molecule has 0 amide bonds. The van der Waals surface area contributed by atoms with Crippen LogP contribution in [-0.4, -0.2) is 35.1 Å². The number of benzene rings is 1. The largest absolute Gasteiger partial charge is 0.321 e. The molecule has 5 rings (SSSR count). The predicted octanol–water partition coefficient (Wildman–Crippen LogP) is 4.80. The number of hydrogen-bond acceptors (Lipinski definition) is 6. The van der Waals surface area contributed by atoms with E-state index in [1.807, 2.05) is 29.9 Å². The summed E-state index contributed by atoms with van der Waals surface area (Å²) in [5.41, 5.74) is 4.95. The third kappa shape index (κ3) is 4.89. The highest BCUT2D eigenvalue weighted by molar-refractivity contribution is 5.82. The first-order valence-corrected chi connectivity index (χ1v) is 12.6. The maximum absolute atomic E-state index is 13.2. The molecule has 1 aliphatic rings. The number of nitrogens with zero attached hydrogens (tertiary/aromatic N) is 6. The summed E-state index contributed by atoms with van der Waals surface area (Å²) in [6, 6.07) is 10.6. The van der Waals surface area contributed by atoms with E-state index in [4.69, 9.17) is 0 Å². The zero-order valence-electron chi connectivity index (χ0n) is 20.7. The Hall–Kier alpha value is -3.39. The Kier molecular flexibility index (Phi) is 6.72. The first-order valence-electron chi connectivity index (χ1n) is 12.6. The summed E-state index contributed by atoms with van der Waals surface area (Å²) < 4.78 is 2.04. The Balaban J connectivity index is 1.54. The Bertz CT molecular complexity index is 1360. The monoisotopic (exact) mass is 471 g/mol. The van der Waals surface area contributed by atoms with Crippen molar-refractivity contribution in [3.8, 4) is 0 Å². The maximum atomic E-state index is 13.2. The summed E-state index contributed by atoms with van der Waals surface area (Å²) in [6.45, 7) is 7.42. The molecule has 4 aromatic rings. The van der Waals surface area contributed by atoms with Gasteiger partial charge in [0.25, 0.3) is 5.56 Å². The molecule has 1 fully saturated rings. The standard InChI is InChI=1S/C27H33N7O/c1-4-24(26-30-31-32-34(26)23-9-5-6-10-23)33(16-20-8-7-11-28-15-20)17-22-14-21-13-18(2)12-19(3)25(21)29-27(22)35/h7-8,11-15,23-24H,4-6,9-10,16-17H2,1-3H3,(H,29,35)/t24-/m0/s1. The van der Waals surface area contributed by atoms with Crippen LogP contribution in [0.25, 0.3) is 10.9 Å². The normalized spacial score (nSPS) is 15.3. The summed E-state index contributed by atoms with van der Waals surface area (Å²) >= 11 is 0. The molecule has 0 bridgehead atoms. The van der Waals surface area contributed by atoms with Gasteiger partial charge >= 0.3 is 0 Å². The van der Waals surface area contributed by atoms with Crippen LogP contribution in [0.15, 0.2) is 47.5 Å². The van der Waals surface area contributed by atoms with E-state index < -0.39 is 0 Å². The number of hydrogen-bond donors (Lipinski definition) is 1. The lowest BCUT2D eigenvalue weighted by Gasteiger charge is -2.31. The number of rotatable bonds is 8. The fourth-order valence-electron chi connectivity index (χ4n) is 5.50. The minimum absolute atomic E-state index is 0.0276. The minimum Gasteiger partial charge on any atom is -0.321 e. The Labute approximate surface area is 205 Å². The molecule has 8 heteroatoms. The second-order valence-corrected chi connectivity index (χ2v) is 9.78. The number of nitrogens with one attached hydrogen (secondary N) is 1. The number of fused-ring (bicyclic) bond motifs is 1. The van der Waals surface area contributed by atoms with E-state index in [0.29, 0.717) is 19.1 Å². The Morgan fingerprint density at radius 1 is 1.17 bits per heavy atom. The third-order valence-electron chi connectivity index (χ3n) is 7.17. The molecule has 1 atom stereocenters. The number of tetrazole rings is 1. The molecule has 0 spiro atoms. The first-order chi connectivity index (χ1) is 17.0. The number of aromatic nitrogens is 6. The zero-order chi connectivity index (χ0) is 24.4. The second-order valence-electron chi connectivity index (χ2n) is 9.78. The van der Waals surface area contributed by atoms with Crippen molar-refractivity contribution in [2.45, 2.75) is 78.0 Å². The molecular formula is C27H33N7O. The van der Waals surface area contributed by atoms with E-state index in [-0.39, 0.29) is 11.6 Å². The summed E-state index contributed by atoms with van der Waals surface area (Å²) in [7, 11) is 0. The molecule has 1 aliphatic carbocycles. The number of aromatic amines is 1. The summed E-state index contributed by atoms with van der Waals surface area (Å²) in [5.74, 6) is 0.882. The van der Waals surface area contributed by atoms with Crippen LogP contribution in [0, 0.1) is 13.8 Å². The van der Waals surface area contributed by atoms with Gasteiger partial charge in [0.1, 0.15) is 0 Å². The van der Waals surface area contributed by atoms with Gasteiger partial charge in [-0.1, -0.05) is 37.5 Å². The van der Waals surface area contributed by atoms with Crippen LogP contribution in [0.3, 0.4) is 0 Å². The molecule has 0 aliphatic heterocycles. The van der Waals surface area contributed by atoms with E-state index in [2.05, 4.69) is 62.4 Å². The molecule has 35 heavy (non-hydrogen) atoms. The Morgan fingerprint density at radius 3 is 2.74 bits per heavy atom. The van der Waals surface area contributed by atoms with Crippen LogP contribution in [0.2, 0.25) is 0 Å². The van der Waals surface area contributed by atoms with Gasteiger partial charge in [-0.05, 0) is 78.2 Å². The van der Waals surface area contributed by atoms with E-state index >= 15 is 0 Å². The van der Waals surface area contributed by atoms with Crippen molar-refractivity contribution in [1.29, 1.82) is 0 Å². The second kappa shape index (κ2) is 10.1. The molecule has 3 aromatic heterocycles. The lowest BCUT2D eigenvalue weighted by molar-refractivity contribution is 0.158. The minimum atomic E-state index is -0.0501. The van der Waals surface area contributed by atoms with Crippen LogP contribution in [0.5, 0.6) is 0 Å². The number of aryl methyl sites for hydroxylation is 2. The van der Waals surface area contributed by atoms with E-state index in [1.165, 1.54) is 18.4 Å². The van der Waals surface area contributed by atoms with Gasteiger partial charge in [-0.3, -0.25) is 14.7 Å². The highest BCUT2D eigenvalue weighted by Crippen LogP contribution is 2.33.